The SMILES string of the molecule is O=C(NCc1ccccc1)c1cc(C(=O)C2CCCCC2)c[nH]1. The molecule has 3 rings (SSSR count). The minimum absolute atomic E-state index is 0.125. The minimum atomic E-state index is -0.184. The summed E-state index contributed by atoms with van der Waals surface area (Å²) in [6.07, 6.45) is 7.09. The van der Waals surface area contributed by atoms with Gasteiger partial charge in [-0.25, -0.2) is 0 Å². The molecule has 0 radical (unpaired) electrons. The summed E-state index contributed by atoms with van der Waals surface area (Å²) in [5, 5.41) is 2.87. The van der Waals surface area contributed by atoms with Crippen molar-refractivity contribution in [2.45, 2.75) is 38.6 Å². The molecule has 1 aromatic carbocycles. The first-order valence-corrected chi connectivity index (χ1v) is 8.29. The van der Waals surface area contributed by atoms with Gasteiger partial charge in [0.05, 0.1) is 0 Å². The van der Waals surface area contributed by atoms with Gasteiger partial charge in [0.1, 0.15) is 5.69 Å². The number of hydrogen-bond acceptors (Lipinski definition) is 2. The second-order valence-corrected chi connectivity index (χ2v) is 6.17. The molecule has 1 aliphatic rings. The summed E-state index contributed by atoms with van der Waals surface area (Å²) in [5.41, 5.74) is 2.12. The van der Waals surface area contributed by atoms with E-state index >= 15 is 0 Å². The van der Waals surface area contributed by atoms with Crippen molar-refractivity contribution in [3.8, 4) is 0 Å². The van der Waals surface area contributed by atoms with E-state index in [2.05, 4.69) is 10.3 Å². The lowest BCUT2D eigenvalue weighted by Crippen LogP contribution is -2.23. The molecule has 1 saturated carbocycles. The van der Waals surface area contributed by atoms with Crippen LogP contribution in [0.2, 0.25) is 0 Å². The van der Waals surface area contributed by atoms with Crippen LogP contribution in [0.5, 0.6) is 0 Å². The number of carbonyl (C=O) groups is 2. The van der Waals surface area contributed by atoms with Crippen LogP contribution in [0.15, 0.2) is 42.6 Å². The van der Waals surface area contributed by atoms with Gasteiger partial charge in [0.25, 0.3) is 5.91 Å². The van der Waals surface area contributed by atoms with Crippen molar-refractivity contribution in [2.75, 3.05) is 0 Å². The first-order chi connectivity index (χ1) is 11.2. The van der Waals surface area contributed by atoms with Gasteiger partial charge in [0, 0.05) is 24.2 Å². The van der Waals surface area contributed by atoms with Crippen LogP contribution in [0.25, 0.3) is 0 Å². The van der Waals surface area contributed by atoms with E-state index < -0.39 is 0 Å². The number of H-pyrrole nitrogens is 1. The van der Waals surface area contributed by atoms with Gasteiger partial charge in [-0.2, -0.15) is 0 Å². The summed E-state index contributed by atoms with van der Waals surface area (Å²) in [6, 6.07) is 11.4. The summed E-state index contributed by atoms with van der Waals surface area (Å²) >= 11 is 0. The number of nitrogens with one attached hydrogen (secondary N) is 2. The maximum Gasteiger partial charge on any atom is 0.267 e. The Kier molecular flexibility index (Phi) is 4.91. The van der Waals surface area contributed by atoms with E-state index in [1.807, 2.05) is 30.3 Å². The highest BCUT2D eigenvalue weighted by molar-refractivity contribution is 6.01. The standard InChI is InChI=1S/C19H22N2O2/c22-18(15-9-5-2-6-10-15)16-11-17(20-13-16)19(23)21-12-14-7-3-1-4-8-14/h1,3-4,7-8,11,13,15,20H,2,5-6,9-10,12H2,(H,21,23). The van der Waals surface area contributed by atoms with Crippen LogP contribution in [0, 0.1) is 5.92 Å². The molecule has 23 heavy (non-hydrogen) atoms. The topological polar surface area (TPSA) is 62.0 Å². The molecule has 1 aliphatic carbocycles. The Labute approximate surface area is 136 Å². The molecule has 0 atom stereocenters. The average Bonchev–Trinajstić information content (AvgIpc) is 3.11. The third-order valence-corrected chi connectivity index (χ3v) is 4.48. The summed E-state index contributed by atoms with van der Waals surface area (Å²) in [7, 11) is 0. The number of aromatic amines is 1. The molecule has 1 aromatic heterocycles. The predicted molar refractivity (Wildman–Crippen MR) is 89.3 cm³/mol. The molecule has 0 saturated heterocycles. The van der Waals surface area contributed by atoms with Gasteiger partial charge in [-0.3, -0.25) is 9.59 Å². The van der Waals surface area contributed by atoms with Gasteiger partial charge >= 0.3 is 0 Å². The fraction of sp³-hybridized carbons (Fsp3) is 0.368. The lowest BCUT2D eigenvalue weighted by molar-refractivity contribution is 0.0889. The number of Topliss-reactive ketones (excluding diaryl/α,β-unsaturated/α-hetero) is 1. The molecule has 2 aromatic rings. The molecule has 120 valence electrons. The van der Waals surface area contributed by atoms with Crippen LogP contribution in [0.4, 0.5) is 0 Å². The Balaban J connectivity index is 1.59. The molecule has 1 fully saturated rings. The molecule has 1 heterocycles. The largest absolute Gasteiger partial charge is 0.356 e. The Morgan fingerprint density at radius 1 is 1.09 bits per heavy atom. The smallest absolute Gasteiger partial charge is 0.267 e. The average molecular weight is 310 g/mol. The summed E-state index contributed by atoms with van der Waals surface area (Å²) in [6.45, 7) is 0.477. The van der Waals surface area contributed by atoms with E-state index in [1.54, 1.807) is 12.3 Å². The van der Waals surface area contributed by atoms with E-state index in [4.69, 9.17) is 0 Å². The third kappa shape index (κ3) is 3.89. The molecule has 0 spiro atoms. The van der Waals surface area contributed by atoms with Crippen molar-refractivity contribution in [3.05, 3.63) is 59.4 Å². The second kappa shape index (κ2) is 7.27. The second-order valence-electron chi connectivity index (χ2n) is 6.17. The lowest BCUT2D eigenvalue weighted by atomic mass is 9.84. The van der Waals surface area contributed by atoms with Crippen LogP contribution >= 0.6 is 0 Å². The normalized spacial score (nSPS) is 15.3. The predicted octanol–water partition coefficient (Wildman–Crippen LogP) is 3.71. The molecule has 2 N–H and O–H groups in total. The van der Waals surface area contributed by atoms with Crippen LogP contribution in [-0.2, 0) is 6.54 Å². The molecular weight excluding hydrogens is 288 g/mol. The monoisotopic (exact) mass is 310 g/mol. The molecular formula is C19H22N2O2. The van der Waals surface area contributed by atoms with Gasteiger partial charge in [0.2, 0.25) is 0 Å². The first-order valence-electron chi connectivity index (χ1n) is 8.29. The fourth-order valence-electron chi connectivity index (χ4n) is 3.14. The molecule has 0 unspecified atom stereocenters. The maximum atomic E-state index is 12.5. The van der Waals surface area contributed by atoms with Crippen molar-refractivity contribution in [1.82, 2.24) is 10.3 Å². The zero-order chi connectivity index (χ0) is 16.1. The minimum Gasteiger partial charge on any atom is -0.356 e. The fourth-order valence-corrected chi connectivity index (χ4v) is 3.14. The highest BCUT2D eigenvalue weighted by atomic mass is 16.2. The zero-order valence-corrected chi connectivity index (χ0v) is 13.2. The van der Waals surface area contributed by atoms with Crippen LogP contribution in [0.3, 0.4) is 0 Å². The Morgan fingerprint density at radius 3 is 2.57 bits per heavy atom. The van der Waals surface area contributed by atoms with Crippen LogP contribution < -0.4 is 5.32 Å². The quantitative estimate of drug-likeness (QED) is 0.827. The van der Waals surface area contributed by atoms with Gasteiger partial charge < -0.3 is 10.3 Å². The molecule has 1 amide bonds. The Hall–Kier alpha value is -2.36. The number of rotatable bonds is 5. The van der Waals surface area contributed by atoms with Crippen molar-refractivity contribution in [2.24, 2.45) is 5.92 Å². The number of carbonyl (C=O) groups excluding carboxylic acids is 2. The first kappa shape index (κ1) is 15.5. The number of aromatic nitrogens is 1. The zero-order valence-electron chi connectivity index (χ0n) is 13.2. The summed E-state index contributed by atoms with van der Waals surface area (Å²) in [5.74, 6) is 0.111. The van der Waals surface area contributed by atoms with E-state index in [0.29, 0.717) is 17.8 Å². The maximum absolute atomic E-state index is 12.5. The van der Waals surface area contributed by atoms with Crippen molar-refractivity contribution in [3.63, 3.8) is 0 Å². The highest BCUT2D eigenvalue weighted by Crippen LogP contribution is 2.27. The highest BCUT2D eigenvalue weighted by Gasteiger charge is 2.23. The van der Waals surface area contributed by atoms with Crippen LogP contribution in [0.1, 0.15) is 58.5 Å². The van der Waals surface area contributed by atoms with Crippen molar-refractivity contribution >= 4 is 11.7 Å². The molecule has 4 nitrogen and oxygen atoms in total. The van der Waals surface area contributed by atoms with E-state index in [9.17, 15) is 9.59 Å². The summed E-state index contributed by atoms with van der Waals surface area (Å²) < 4.78 is 0. The van der Waals surface area contributed by atoms with Crippen molar-refractivity contribution < 1.29 is 9.59 Å². The number of hydrogen-bond donors (Lipinski definition) is 2. The van der Waals surface area contributed by atoms with Gasteiger partial charge in [-0.05, 0) is 24.5 Å². The van der Waals surface area contributed by atoms with E-state index in [-0.39, 0.29) is 17.6 Å². The third-order valence-electron chi connectivity index (χ3n) is 4.48. The molecule has 4 heteroatoms. The number of amides is 1. The van der Waals surface area contributed by atoms with E-state index in [0.717, 1.165) is 31.2 Å². The van der Waals surface area contributed by atoms with Crippen LogP contribution in [-0.4, -0.2) is 16.7 Å². The lowest BCUT2D eigenvalue weighted by Gasteiger charge is -2.19. The Bertz CT molecular complexity index is 670. The summed E-state index contributed by atoms with van der Waals surface area (Å²) in [4.78, 5) is 27.6. The molecule has 0 bridgehead atoms. The van der Waals surface area contributed by atoms with Gasteiger partial charge in [0.15, 0.2) is 5.78 Å². The van der Waals surface area contributed by atoms with Gasteiger partial charge in [-0.1, -0.05) is 49.6 Å². The molecule has 0 aliphatic heterocycles. The number of benzene rings is 1. The van der Waals surface area contributed by atoms with Crippen molar-refractivity contribution in [1.29, 1.82) is 0 Å². The Morgan fingerprint density at radius 2 is 1.83 bits per heavy atom. The van der Waals surface area contributed by atoms with Gasteiger partial charge in [-0.15, -0.1) is 0 Å². The van der Waals surface area contributed by atoms with E-state index in [1.165, 1.54) is 6.42 Å². The number of ketones is 1.